The van der Waals surface area contributed by atoms with Gasteiger partial charge in [-0.05, 0) is 17.5 Å². The molecule has 94 valence electrons. The van der Waals surface area contributed by atoms with Crippen molar-refractivity contribution in [2.24, 2.45) is 5.10 Å². The number of carbonyl (C=O) groups excluding carboxylic acids is 1. The van der Waals surface area contributed by atoms with Crippen LogP contribution in [0.5, 0.6) is 0 Å². The molecule has 1 unspecified atom stereocenters. The van der Waals surface area contributed by atoms with Gasteiger partial charge in [0.25, 0.3) is 11.8 Å². The Balaban J connectivity index is 1.76. The molecule has 0 saturated carbocycles. The van der Waals surface area contributed by atoms with Gasteiger partial charge in [0, 0.05) is 0 Å². The third kappa shape index (κ3) is 1.34. The molecule has 1 atom stereocenters. The van der Waals surface area contributed by atoms with E-state index in [4.69, 9.17) is 4.74 Å². The predicted octanol–water partition coefficient (Wildman–Crippen LogP) is 1.83. The van der Waals surface area contributed by atoms with Gasteiger partial charge in [-0.2, -0.15) is 0 Å². The number of fused-ring (bicyclic) bond motifs is 2. The van der Waals surface area contributed by atoms with Gasteiger partial charge < -0.3 is 10.1 Å². The first-order valence-electron chi connectivity index (χ1n) is 5.78. The van der Waals surface area contributed by atoms with E-state index in [2.05, 4.69) is 15.8 Å². The number of hydrogen-bond donors (Lipinski definition) is 2. The maximum Gasteiger partial charge on any atom is 0.304 e. The monoisotopic (exact) mass is 271 g/mol. The highest BCUT2D eigenvalue weighted by atomic mass is 32.1. The van der Waals surface area contributed by atoms with Crippen LogP contribution >= 0.6 is 11.3 Å². The van der Waals surface area contributed by atoms with Crippen molar-refractivity contribution in [3.05, 3.63) is 52.2 Å². The largest absolute Gasteiger partial charge is 0.433 e. The van der Waals surface area contributed by atoms with Crippen LogP contribution in [-0.2, 0) is 15.3 Å². The molecule has 0 bridgehead atoms. The average molecular weight is 271 g/mol. The van der Waals surface area contributed by atoms with Crippen LogP contribution in [0.1, 0.15) is 10.4 Å². The summed E-state index contributed by atoms with van der Waals surface area (Å²) in [5, 5.41) is 8.90. The number of hydrazone groups is 1. The Morgan fingerprint density at radius 3 is 2.95 bits per heavy atom. The van der Waals surface area contributed by atoms with E-state index in [-0.39, 0.29) is 5.91 Å². The van der Waals surface area contributed by atoms with E-state index in [0.29, 0.717) is 5.90 Å². The van der Waals surface area contributed by atoms with E-state index in [1.807, 2.05) is 41.8 Å². The second-order valence-electron chi connectivity index (χ2n) is 4.29. The summed E-state index contributed by atoms with van der Waals surface area (Å²) in [6, 6.07) is 11.3. The predicted molar refractivity (Wildman–Crippen MR) is 71.8 cm³/mol. The fraction of sp³-hybridized carbons (Fsp3) is 0.0769. The molecule has 2 aromatic rings. The normalized spacial score (nSPS) is 23.6. The third-order valence-electron chi connectivity index (χ3n) is 3.17. The number of thiophene rings is 1. The number of nitrogens with zero attached hydrogens (tertiary/aromatic N) is 1. The maximum absolute atomic E-state index is 12.2. The summed E-state index contributed by atoms with van der Waals surface area (Å²) in [4.78, 5) is 13.1. The highest BCUT2D eigenvalue weighted by Gasteiger charge is 2.53. The number of para-hydroxylation sites is 1. The zero-order valence-corrected chi connectivity index (χ0v) is 10.5. The SMILES string of the molecule is O=C1Nc2ccccc2C12NN=C(c1cccs1)O2. The number of amides is 1. The van der Waals surface area contributed by atoms with Crippen LogP contribution in [0.2, 0.25) is 0 Å². The van der Waals surface area contributed by atoms with Crippen molar-refractivity contribution in [1.29, 1.82) is 0 Å². The van der Waals surface area contributed by atoms with Crippen molar-refractivity contribution in [2.45, 2.75) is 5.72 Å². The number of ether oxygens (including phenoxy) is 1. The zero-order chi connectivity index (χ0) is 12.9. The summed E-state index contributed by atoms with van der Waals surface area (Å²) in [5.74, 6) is 0.200. The lowest BCUT2D eigenvalue weighted by atomic mass is 10.1. The molecular formula is C13H9N3O2S. The van der Waals surface area contributed by atoms with Gasteiger partial charge in [0.1, 0.15) is 0 Å². The molecule has 0 fully saturated rings. The Morgan fingerprint density at radius 2 is 2.11 bits per heavy atom. The van der Waals surface area contributed by atoms with Crippen LogP contribution in [0.25, 0.3) is 0 Å². The molecule has 0 saturated heterocycles. The van der Waals surface area contributed by atoms with Crippen LogP contribution < -0.4 is 10.7 Å². The average Bonchev–Trinajstić information content (AvgIpc) is 3.13. The van der Waals surface area contributed by atoms with Crippen LogP contribution in [0.15, 0.2) is 46.9 Å². The van der Waals surface area contributed by atoms with Crippen molar-refractivity contribution in [2.75, 3.05) is 5.32 Å². The molecule has 1 aromatic carbocycles. The van der Waals surface area contributed by atoms with E-state index in [9.17, 15) is 4.79 Å². The minimum Gasteiger partial charge on any atom is -0.433 e. The molecule has 1 spiro atoms. The van der Waals surface area contributed by atoms with Crippen molar-refractivity contribution in [1.82, 2.24) is 5.43 Å². The molecule has 1 aromatic heterocycles. The lowest BCUT2D eigenvalue weighted by molar-refractivity contribution is -0.133. The number of nitrogens with one attached hydrogen (secondary N) is 2. The quantitative estimate of drug-likeness (QED) is 0.832. The van der Waals surface area contributed by atoms with E-state index >= 15 is 0 Å². The first kappa shape index (κ1) is 10.6. The molecule has 19 heavy (non-hydrogen) atoms. The first-order valence-corrected chi connectivity index (χ1v) is 6.66. The van der Waals surface area contributed by atoms with Crippen molar-refractivity contribution >= 4 is 28.8 Å². The Kier molecular flexibility index (Phi) is 1.99. The number of carbonyl (C=O) groups is 1. The summed E-state index contributed by atoms with van der Waals surface area (Å²) in [6.07, 6.45) is 0. The van der Waals surface area contributed by atoms with Crippen LogP contribution in [0.3, 0.4) is 0 Å². The van der Waals surface area contributed by atoms with E-state index < -0.39 is 5.72 Å². The summed E-state index contributed by atoms with van der Waals surface area (Å²) >= 11 is 1.52. The number of anilines is 1. The van der Waals surface area contributed by atoms with Crippen LogP contribution in [-0.4, -0.2) is 11.8 Å². The molecule has 6 heteroatoms. The highest BCUT2D eigenvalue weighted by molar-refractivity contribution is 7.12. The summed E-state index contributed by atoms with van der Waals surface area (Å²) in [7, 11) is 0. The molecule has 3 heterocycles. The Labute approximate surface area is 112 Å². The van der Waals surface area contributed by atoms with Gasteiger partial charge >= 0.3 is 5.72 Å². The zero-order valence-electron chi connectivity index (χ0n) is 9.71. The topological polar surface area (TPSA) is 62.7 Å². The van der Waals surface area contributed by atoms with E-state index in [1.165, 1.54) is 11.3 Å². The summed E-state index contributed by atoms with van der Waals surface area (Å²) in [6.45, 7) is 0. The van der Waals surface area contributed by atoms with Gasteiger partial charge in [-0.1, -0.05) is 24.3 Å². The molecule has 1 amide bonds. The minimum atomic E-state index is -1.23. The summed E-state index contributed by atoms with van der Waals surface area (Å²) in [5.41, 5.74) is 3.12. The molecular weight excluding hydrogens is 262 g/mol. The Hall–Kier alpha value is -2.34. The van der Waals surface area contributed by atoms with Crippen LogP contribution in [0.4, 0.5) is 5.69 Å². The Morgan fingerprint density at radius 1 is 1.21 bits per heavy atom. The molecule has 5 nitrogen and oxygen atoms in total. The molecule has 0 aliphatic carbocycles. The van der Waals surface area contributed by atoms with Gasteiger partial charge in [0.15, 0.2) is 0 Å². The first-order chi connectivity index (χ1) is 9.29. The lowest BCUT2D eigenvalue weighted by Crippen LogP contribution is -2.44. The maximum atomic E-state index is 12.2. The van der Waals surface area contributed by atoms with Crippen molar-refractivity contribution < 1.29 is 9.53 Å². The smallest absolute Gasteiger partial charge is 0.304 e. The standard InChI is InChI=1S/C13H9N3O2S/c17-12-13(8-4-1-2-5-9(8)14-12)16-15-11(18-13)10-6-3-7-19-10/h1-7,16H,(H,14,17). The number of benzene rings is 1. The Bertz CT molecular complexity index is 696. The third-order valence-corrected chi connectivity index (χ3v) is 4.03. The minimum absolute atomic E-state index is 0.246. The summed E-state index contributed by atoms with van der Waals surface area (Å²) < 4.78 is 5.83. The lowest BCUT2D eigenvalue weighted by Gasteiger charge is -2.20. The van der Waals surface area contributed by atoms with Crippen molar-refractivity contribution in [3.8, 4) is 0 Å². The van der Waals surface area contributed by atoms with Gasteiger partial charge in [0.2, 0.25) is 0 Å². The van der Waals surface area contributed by atoms with E-state index in [0.717, 1.165) is 16.1 Å². The second kappa shape index (κ2) is 3.58. The van der Waals surface area contributed by atoms with Crippen molar-refractivity contribution in [3.63, 3.8) is 0 Å². The fourth-order valence-electron chi connectivity index (χ4n) is 2.27. The van der Waals surface area contributed by atoms with Crippen LogP contribution in [0, 0.1) is 0 Å². The van der Waals surface area contributed by atoms with Gasteiger partial charge in [-0.25, -0.2) is 0 Å². The second-order valence-corrected chi connectivity index (χ2v) is 5.24. The van der Waals surface area contributed by atoms with Gasteiger partial charge in [-0.3, -0.25) is 10.2 Å². The fourth-order valence-corrected chi connectivity index (χ4v) is 2.92. The molecule has 4 rings (SSSR count). The van der Waals surface area contributed by atoms with Gasteiger partial charge in [0.05, 0.1) is 16.1 Å². The highest BCUT2D eigenvalue weighted by Crippen LogP contribution is 2.39. The molecule has 2 N–H and O–H groups in total. The van der Waals surface area contributed by atoms with E-state index in [1.54, 1.807) is 0 Å². The van der Waals surface area contributed by atoms with Gasteiger partial charge in [-0.15, -0.1) is 16.4 Å². The molecule has 2 aliphatic rings. The molecule has 2 aliphatic heterocycles. The molecule has 0 radical (unpaired) electrons. The number of rotatable bonds is 1. The number of hydrogen-bond acceptors (Lipinski definition) is 5.